The van der Waals surface area contributed by atoms with E-state index in [4.69, 9.17) is 4.74 Å². The molecule has 3 aromatic rings. The van der Waals surface area contributed by atoms with Gasteiger partial charge in [0.2, 0.25) is 0 Å². The SMILES string of the molecule is COc1ccc(C2CCN(C(=O)O)CC2)c2sc(NC(=O)c3ccc(F)cc3)nc12. The van der Waals surface area contributed by atoms with Gasteiger partial charge in [-0.15, -0.1) is 0 Å². The van der Waals surface area contributed by atoms with Crippen molar-refractivity contribution in [1.29, 1.82) is 0 Å². The molecule has 4 rings (SSSR count). The van der Waals surface area contributed by atoms with Crippen LogP contribution in [-0.4, -0.2) is 47.2 Å². The van der Waals surface area contributed by atoms with Gasteiger partial charge in [0.15, 0.2) is 5.13 Å². The molecule has 156 valence electrons. The highest BCUT2D eigenvalue weighted by Crippen LogP contribution is 2.41. The van der Waals surface area contributed by atoms with Gasteiger partial charge in [-0.05, 0) is 54.7 Å². The van der Waals surface area contributed by atoms with Gasteiger partial charge in [0, 0.05) is 18.7 Å². The summed E-state index contributed by atoms with van der Waals surface area (Å²) in [6, 6.07) is 9.15. The Kier molecular flexibility index (Phi) is 5.54. The zero-order valence-electron chi connectivity index (χ0n) is 16.2. The van der Waals surface area contributed by atoms with Gasteiger partial charge in [-0.3, -0.25) is 10.1 Å². The highest BCUT2D eigenvalue weighted by atomic mass is 32.1. The lowest BCUT2D eigenvalue weighted by Gasteiger charge is -2.30. The van der Waals surface area contributed by atoms with Gasteiger partial charge >= 0.3 is 6.09 Å². The Morgan fingerprint density at radius 1 is 1.20 bits per heavy atom. The highest BCUT2D eigenvalue weighted by molar-refractivity contribution is 7.22. The number of nitrogens with zero attached hydrogens (tertiary/aromatic N) is 2. The van der Waals surface area contributed by atoms with Crippen LogP contribution in [0.15, 0.2) is 36.4 Å². The first-order valence-corrected chi connectivity index (χ1v) is 10.3. The molecule has 2 heterocycles. The maximum Gasteiger partial charge on any atom is 0.407 e. The predicted molar refractivity (Wildman–Crippen MR) is 112 cm³/mol. The Labute approximate surface area is 176 Å². The first-order chi connectivity index (χ1) is 14.5. The number of nitrogens with one attached hydrogen (secondary N) is 1. The van der Waals surface area contributed by atoms with Crippen molar-refractivity contribution in [3.05, 3.63) is 53.3 Å². The number of benzene rings is 2. The molecule has 2 amide bonds. The second-order valence-corrected chi connectivity index (χ2v) is 8.06. The van der Waals surface area contributed by atoms with E-state index in [1.165, 1.54) is 40.5 Å². The number of halogens is 1. The van der Waals surface area contributed by atoms with Crippen LogP contribution in [0.4, 0.5) is 14.3 Å². The van der Waals surface area contributed by atoms with E-state index >= 15 is 0 Å². The molecule has 9 heteroatoms. The lowest BCUT2D eigenvalue weighted by Crippen LogP contribution is -2.36. The Morgan fingerprint density at radius 3 is 2.53 bits per heavy atom. The van der Waals surface area contributed by atoms with Crippen LogP contribution < -0.4 is 10.1 Å². The number of fused-ring (bicyclic) bond motifs is 1. The van der Waals surface area contributed by atoms with Gasteiger partial charge in [-0.2, -0.15) is 0 Å². The van der Waals surface area contributed by atoms with Crippen molar-refractivity contribution in [1.82, 2.24) is 9.88 Å². The summed E-state index contributed by atoms with van der Waals surface area (Å²) in [5, 5.41) is 12.4. The maximum atomic E-state index is 13.1. The molecule has 7 nitrogen and oxygen atoms in total. The van der Waals surface area contributed by atoms with E-state index in [0.717, 1.165) is 23.1 Å². The molecule has 1 aromatic heterocycles. The van der Waals surface area contributed by atoms with Gasteiger partial charge < -0.3 is 14.7 Å². The lowest BCUT2D eigenvalue weighted by atomic mass is 9.89. The number of hydrogen-bond donors (Lipinski definition) is 2. The molecule has 30 heavy (non-hydrogen) atoms. The zero-order chi connectivity index (χ0) is 21.3. The molecule has 0 spiro atoms. The summed E-state index contributed by atoms with van der Waals surface area (Å²) < 4.78 is 19.5. The van der Waals surface area contributed by atoms with Crippen LogP contribution in [0.5, 0.6) is 5.75 Å². The maximum absolute atomic E-state index is 13.1. The van der Waals surface area contributed by atoms with Crippen LogP contribution in [0.2, 0.25) is 0 Å². The topological polar surface area (TPSA) is 91.8 Å². The Hall–Kier alpha value is -3.20. The monoisotopic (exact) mass is 429 g/mol. The number of amides is 2. The van der Waals surface area contributed by atoms with Crippen molar-refractivity contribution >= 4 is 38.7 Å². The minimum atomic E-state index is -0.892. The van der Waals surface area contributed by atoms with Crippen molar-refractivity contribution in [2.75, 3.05) is 25.5 Å². The molecule has 0 radical (unpaired) electrons. The summed E-state index contributed by atoms with van der Waals surface area (Å²) in [6.07, 6.45) is 0.558. The smallest absolute Gasteiger partial charge is 0.407 e. The molecule has 0 bridgehead atoms. The number of rotatable bonds is 4. The number of likely N-dealkylation sites (tertiary alicyclic amines) is 1. The normalized spacial score (nSPS) is 14.7. The molecule has 0 saturated carbocycles. The molecule has 2 aromatic carbocycles. The molecular weight excluding hydrogens is 409 g/mol. The lowest BCUT2D eigenvalue weighted by molar-refractivity contribution is 0.102. The van der Waals surface area contributed by atoms with E-state index in [1.807, 2.05) is 12.1 Å². The number of carboxylic acid groups (broad SMARTS) is 1. The Morgan fingerprint density at radius 2 is 1.90 bits per heavy atom. The highest BCUT2D eigenvalue weighted by Gasteiger charge is 2.26. The van der Waals surface area contributed by atoms with Gasteiger partial charge in [-0.1, -0.05) is 17.4 Å². The van der Waals surface area contributed by atoms with Crippen LogP contribution in [-0.2, 0) is 0 Å². The molecule has 0 aliphatic carbocycles. The van der Waals surface area contributed by atoms with Crippen LogP contribution >= 0.6 is 11.3 Å². The average molecular weight is 429 g/mol. The number of hydrogen-bond acceptors (Lipinski definition) is 5. The third kappa shape index (κ3) is 3.93. The standard InChI is InChI=1S/C21H20FN3O4S/c1-29-16-7-6-15(12-8-10-25(11-9-12)21(27)28)18-17(16)23-20(30-18)24-19(26)13-2-4-14(22)5-3-13/h2-7,12H,8-11H2,1H3,(H,27,28)(H,23,24,26). The number of thiazole rings is 1. The van der Waals surface area contributed by atoms with E-state index in [0.29, 0.717) is 35.1 Å². The minimum absolute atomic E-state index is 0.204. The van der Waals surface area contributed by atoms with Crippen molar-refractivity contribution < 1.29 is 23.8 Å². The summed E-state index contributed by atoms with van der Waals surface area (Å²) in [7, 11) is 1.57. The first kappa shape index (κ1) is 20.1. The molecule has 1 aliphatic rings. The van der Waals surface area contributed by atoms with Crippen LogP contribution in [0, 0.1) is 5.82 Å². The van der Waals surface area contributed by atoms with Gasteiger partial charge in [-0.25, -0.2) is 14.2 Å². The molecule has 1 fully saturated rings. The number of piperidine rings is 1. The fourth-order valence-corrected chi connectivity index (χ4v) is 4.76. The summed E-state index contributed by atoms with van der Waals surface area (Å²) in [4.78, 5) is 29.6. The van der Waals surface area contributed by atoms with Gasteiger partial charge in [0.25, 0.3) is 5.91 Å². The number of carbonyl (C=O) groups excluding carboxylic acids is 1. The van der Waals surface area contributed by atoms with Crippen LogP contribution in [0.1, 0.15) is 34.7 Å². The zero-order valence-corrected chi connectivity index (χ0v) is 17.0. The summed E-state index contributed by atoms with van der Waals surface area (Å²) >= 11 is 1.35. The molecular formula is C21H20FN3O4S. The quantitative estimate of drug-likeness (QED) is 0.635. The summed E-state index contributed by atoms with van der Waals surface area (Å²) in [5.74, 6) is 0.0320. The predicted octanol–water partition coefficient (Wildman–Crippen LogP) is 4.55. The second kappa shape index (κ2) is 8.27. The van der Waals surface area contributed by atoms with Crippen molar-refractivity contribution in [2.45, 2.75) is 18.8 Å². The third-order valence-corrected chi connectivity index (χ3v) is 6.31. The van der Waals surface area contributed by atoms with E-state index < -0.39 is 11.9 Å². The minimum Gasteiger partial charge on any atom is -0.494 e. The molecule has 1 aliphatic heterocycles. The fraction of sp³-hybridized carbons (Fsp3) is 0.286. The molecule has 0 atom stereocenters. The van der Waals surface area contributed by atoms with E-state index in [9.17, 15) is 19.1 Å². The van der Waals surface area contributed by atoms with E-state index in [1.54, 1.807) is 7.11 Å². The van der Waals surface area contributed by atoms with Crippen LogP contribution in [0.3, 0.4) is 0 Å². The first-order valence-electron chi connectivity index (χ1n) is 9.48. The van der Waals surface area contributed by atoms with Crippen molar-refractivity contribution in [3.8, 4) is 5.75 Å². The number of aromatic nitrogens is 1. The van der Waals surface area contributed by atoms with Gasteiger partial charge in [0.05, 0.1) is 11.8 Å². The molecule has 0 unspecified atom stereocenters. The van der Waals surface area contributed by atoms with Crippen LogP contribution in [0.25, 0.3) is 10.2 Å². The third-order valence-electron chi connectivity index (χ3n) is 5.29. The molecule has 1 saturated heterocycles. The number of methoxy groups -OCH3 is 1. The number of carbonyl (C=O) groups is 2. The second-order valence-electron chi connectivity index (χ2n) is 7.06. The average Bonchev–Trinajstić information content (AvgIpc) is 3.17. The Balaban J connectivity index is 1.62. The van der Waals surface area contributed by atoms with E-state index in [2.05, 4.69) is 10.3 Å². The Bertz CT molecular complexity index is 1090. The van der Waals surface area contributed by atoms with Gasteiger partial charge in [0.1, 0.15) is 17.1 Å². The summed E-state index contributed by atoms with van der Waals surface area (Å²) in [5.41, 5.74) is 2.08. The van der Waals surface area contributed by atoms with Crippen molar-refractivity contribution in [3.63, 3.8) is 0 Å². The number of anilines is 1. The molecule has 2 N–H and O–H groups in total. The van der Waals surface area contributed by atoms with Crippen molar-refractivity contribution in [2.24, 2.45) is 0 Å². The summed E-state index contributed by atoms with van der Waals surface area (Å²) in [6.45, 7) is 0.973. The number of ether oxygens (including phenoxy) is 1. The fourth-order valence-electron chi connectivity index (χ4n) is 3.69. The van der Waals surface area contributed by atoms with E-state index in [-0.39, 0.29) is 11.8 Å². The largest absolute Gasteiger partial charge is 0.494 e.